The third kappa shape index (κ3) is 2.69. The summed E-state index contributed by atoms with van der Waals surface area (Å²) in [6.45, 7) is 3.05. The highest BCUT2D eigenvalue weighted by Crippen LogP contribution is 2.31. The number of halogens is 2. The van der Waals surface area contributed by atoms with Crippen molar-refractivity contribution in [3.8, 4) is 5.75 Å². The van der Waals surface area contributed by atoms with Gasteiger partial charge in [0.1, 0.15) is 5.75 Å². The van der Waals surface area contributed by atoms with Gasteiger partial charge in [-0.15, -0.1) is 0 Å². The Morgan fingerprint density at radius 3 is 2.50 bits per heavy atom. The fourth-order valence-corrected chi connectivity index (χ4v) is 1.23. The monoisotopic (exact) mass is 199 g/mol. The second-order valence-corrected chi connectivity index (χ2v) is 4.05. The van der Waals surface area contributed by atoms with Gasteiger partial charge in [-0.3, -0.25) is 0 Å². The van der Waals surface area contributed by atoms with E-state index in [-0.39, 0.29) is 11.2 Å². The Bertz CT molecular complexity index is 302. The maximum absolute atomic E-state index is 12.1. The highest BCUT2D eigenvalue weighted by molar-refractivity contribution is 5.37. The standard InChI is InChI=1S/C11H13F2O/c1-11(2,3)8-6-4-5-7-9(8)14-10(12)13/h4,6-7,10H,1-3H3. The third-order valence-corrected chi connectivity index (χ3v) is 1.85. The smallest absolute Gasteiger partial charge is 0.387 e. The van der Waals surface area contributed by atoms with Crippen LogP contribution in [-0.2, 0) is 5.41 Å². The van der Waals surface area contributed by atoms with Gasteiger partial charge < -0.3 is 4.74 Å². The maximum atomic E-state index is 12.1. The van der Waals surface area contributed by atoms with Gasteiger partial charge in [0.25, 0.3) is 0 Å². The Labute approximate surface area is 82.7 Å². The van der Waals surface area contributed by atoms with Crippen LogP contribution >= 0.6 is 0 Å². The second kappa shape index (κ2) is 3.95. The first-order chi connectivity index (χ1) is 6.41. The van der Waals surface area contributed by atoms with Crippen LogP contribution in [0.25, 0.3) is 0 Å². The summed E-state index contributed by atoms with van der Waals surface area (Å²) in [6, 6.07) is 7.60. The molecule has 77 valence electrons. The zero-order valence-electron chi connectivity index (χ0n) is 8.47. The lowest BCUT2D eigenvalue weighted by atomic mass is 9.86. The van der Waals surface area contributed by atoms with Crippen molar-refractivity contribution in [3.05, 3.63) is 29.8 Å². The summed E-state index contributed by atoms with van der Waals surface area (Å²) in [5.74, 6) is 0.204. The maximum Gasteiger partial charge on any atom is 0.387 e. The third-order valence-electron chi connectivity index (χ3n) is 1.85. The first kappa shape index (κ1) is 11.0. The van der Waals surface area contributed by atoms with Gasteiger partial charge in [-0.2, -0.15) is 8.78 Å². The molecule has 0 spiro atoms. The zero-order valence-corrected chi connectivity index (χ0v) is 8.47. The Morgan fingerprint density at radius 1 is 1.36 bits per heavy atom. The fraction of sp³-hybridized carbons (Fsp3) is 0.455. The number of hydrogen-bond donors (Lipinski definition) is 0. The van der Waals surface area contributed by atoms with Gasteiger partial charge >= 0.3 is 6.61 Å². The normalized spacial score (nSPS) is 11.9. The molecule has 0 atom stereocenters. The Balaban J connectivity index is 3.04. The van der Waals surface area contributed by atoms with Crippen molar-refractivity contribution in [2.75, 3.05) is 0 Å². The molecule has 0 aromatic heterocycles. The van der Waals surface area contributed by atoms with Gasteiger partial charge in [-0.25, -0.2) is 0 Å². The van der Waals surface area contributed by atoms with Crippen LogP contribution in [0.3, 0.4) is 0 Å². The molecule has 1 aromatic rings. The lowest BCUT2D eigenvalue weighted by Gasteiger charge is -2.22. The van der Waals surface area contributed by atoms with E-state index in [1.165, 1.54) is 6.07 Å². The van der Waals surface area contributed by atoms with E-state index in [0.717, 1.165) is 5.56 Å². The first-order valence-corrected chi connectivity index (χ1v) is 4.36. The van der Waals surface area contributed by atoms with Gasteiger partial charge in [0.05, 0.1) is 0 Å². The minimum absolute atomic E-state index is 0.204. The molecule has 1 nitrogen and oxygen atoms in total. The molecule has 3 heteroatoms. The molecule has 0 saturated carbocycles. The molecule has 0 saturated heterocycles. The quantitative estimate of drug-likeness (QED) is 0.709. The second-order valence-electron chi connectivity index (χ2n) is 4.05. The predicted octanol–water partition coefficient (Wildman–Crippen LogP) is 3.39. The predicted molar refractivity (Wildman–Crippen MR) is 50.6 cm³/mol. The highest BCUT2D eigenvalue weighted by Gasteiger charge is 2.19. The van der Waals surface area contributed by atoms with E-state index in [4.69, 9.17) is 0 Å². The molecule has 0 aliphatic rings. The van der Waals surface area contributed by atoms with Crippen molar-refractivity contribution in [1.82, 2.24) is 0 Å². The molecule has 0 fully saturated rings. The molecule has 0 bridgehead atoms. The Morgan fingerprint density at radius 2 is 2.00 bits per heavy atom. The lowest BCUT2D eigenvalue weighted by molar-refractivity contribution is -0.0508. The number of hydrogen-bond acceptors (Lipinski definition) is 1. The molecule has 0 aliphatic heterocycles. The average molecular weight is 199 g/mol. The summed E-state index contributed by atoms with van der Waals surface area (Å²) in [7, 11) is 0. The van der Waals surface area contributed by atoms with Crippen LogP contribution in [0.5, 0.6) is 5.75 Å². The molecule has 0 amide bonds. The van der Waals surface area contributed by atoms with Crippen molar-refractivity contribution >= 4 is 0 Å². The average Bonchev–Trinajstić information content (AvgIpc) is 2.01. The van der Waals surface area contributed by atoms with Crippen LogP contribution in [0.2, 0.25) is 0 Å². The van der Waals surface area contributed by atoms with E-state index in [0.29, 0.717) is 0 Å². The summed E-state index contributed by atoms with van der Waals surface area (Å²) in [6.07, 6.45) is 0. The number of alkyl halides is 2. The zero-order chi connectivity index (χ0) is 10.8. The van der Waals surface area contributed by atoms with E-state index in [9.17, 15) is 8.78 Å². The lowest BCUT2D eigenvalue weighted by Crippen LogP contribution is -2.14. The van der Waals surface area contributed by atoms with Crippen molar-refractivity contribution in [1.29, 1.82) is 0 Å². The topological polar surface area (TPSA) is 9.23 Å². The minimum Gasteiger partial charge on any atom is -0.435 e. The van der Waals surface area contributed by atoms with Crippen LogP contribution in [-0.4, -0.2) is 6.61 Å². The van der Waals surface area contributed by atoms with E-state index in [1.54, 1.807) is 12.1 Å². The summed E-state index contributed by atoms with van der Waals surface area (Å²) < 4.78 is 28.5. The summed E-state index contributed by atoms with van der Waals surface area (Å²) in [4.78, 5) is 0. The molecule has 0 unspecified atom stereocenters. The molecule has 1 radical (unpaired) electrons. The molecular weight excluding hydrogens is 186 g/mol. The van der Waals surface area contributed by atoms with Crippen LogP contribution < -0.4 is 4.74 Å². The molecule has 14 heavy (non-hydrogen) atoms. The van der Waals surface area contributed by atoms with Gasteiger partial charge in [-0.1, -0.05) is 32.9 Å². The van der Waals surface area contributed by atoms with Gasteiger partial charge in [0, 0.05) is 0 Å². The van der Waals surface area contributed by atoms with Crippen molar-refractivity contribution in [2.45, 2.75) is 32.8 Å². The van der Waals surface area contributed by atoms with E-state index >= 15 is 0 Å². The van der Waals surface area contributed by atoms with E-state index in [1.807, 2.05) is 20.8 Å². The summed E-state index contributed by atoms with van der Waals surface area (Å²) in [5.41, 5.74) is 0.552. The highest BCUT2D eigenvalue weighted by atomic mass is 19.3. The first-order valence-electron chi connectivity index (χ1n) is 4.36. The molecular formula is C11H13F2O. The van der Waals surface area contributed by atoms with Gasteiger partial charge in [0.2, 0.25) is 0 Å². The van der Waals surface area contributed by atoms with E-state index in [2.05, 4.69) is 10.8 Å². The fourth-order valence-electron chi connectivity index (χ4n) is 1.23. The van der Waals surface area contributed by atoms with Crippen molar-refractivity contribution < 1.29 is 13.5 Å². The molecule has 0 N–H and O–H groups in total. The Hall–Kier alpha value is -1.12. The summed E-state index contributed by atoms with van der Waals surface area (Å²) in [5, 5.41) is 0. The largest absolute Gasteiger partial charge is 0.435 e. The number of ether oxygens (including phenoxy) is 1. The van der Waals surface area contributed by atoms with Crippen LogP contribution in [0.15, 0.2) is 18.2 Å². The number of rotatable bonds is 2. The van der Waals surface area contributed by atoms with Crippen LogP contribution in [0, 0.1) is 6.07 Å². The van der Waals surface area contributed by atoms with Crippen molar-refractivity contribution in [3.63, 3.8) is 0 Å². The number of benzene rings is 1. The molecule has 1 rings (SSSR count). The molecule has 0 aliphatic carbocycles. The van der Waals surface area contributed by atoms with E-state index < -0.39 is 6.61 Å². The Kier molecular flexibility index (Phi) is 3.09. The minimum atomic E-state index is -2.79. The van der Waals surface area contributed by atoms with Gasteiger partial charge in [-0.05, 0) is 23.1 Å². The van der Waals surface area contributed by atoms with Crippen molar-refractivity contribution in [2.24, 2.45) is 0 Å². The summed E-state index contributed by atoms with van der Waals surface area (Å²) >= 11 is 0. The van der Waals surface area contributed by atoms with Crippen LogP contribution in [0.4, 0.5) is 8.78 Å². The molecule has 0 heterocycles. The van der Waals surface area contributed by atoms with Gasteiger partial charge in [0.15, 0.2) is 0 Å². The molecule has 1 aromatic carbocycles. The van der Waals surface area contributed by atoms with Crippen LogP contribution in [0.1, 0.15) is 26.3 Å². The SMILES string of the molecule is CC(C)(C)c1cc[c]cc1OC(F)F.